The number of rotatable bonds is 2. The van der Waals surface area contributed by atoms with Crippen molar-refractivity contribution in [3.8, 4) is 0 Å². The summed E-state index contributed by atoms with van der Waals surface area (Å²) >= 11 is 0. The summed E-state index contributed by atoms with van der Waals surface area (Å²) in [5.74, 6) is 0.545. The number of nitrogens with zero attached hydrogens (tertiary/aromatic N) is 3. The predicted octanol–water partition coefficient (Wildman–Crippen LogP) is 0.856. The molecule has 0 aromatic carbocycles. The van der Waals surface area contributed by atoms with E-state index in [-0.39, 0.29) is 6.10 Å². The van der Waals surface area contributed by atoms with Crippen molar-refractivity contribution in [2.45, 2.75) is 57.1 Å². The van der Waals surface area contributed by atoms with Gasteiger partial charge < -0.3 is 30.0 Å². The van der Waals surface area contributed by atoms with Crippen molar-refractivity contribution in [1.29, 1.82) is 0 Å². The van der Waals surface area contributed by atoms with Crippen molar-refractivity contribution < 1.29 is 15.3 Å². The highest BCUT2D eigenvalue weighted by atomic mass is 16.3. The van der Waals surface area contributed by atoms with E-state index in [9.17, 15) is 0 Å². The van der Waals surface area contributed by atoms with E-state index in [0.717, 1.165) is 39.0 Å². The Morgan fingerprint density at radius 2 is 1.38 bits per heavy atom. The van der Waals surface area contributed by atoms with E-state index < -0.39 is 0 Å². The summed E-state index contributed by atoms with van der Waals surface area (Å²) in [5, 5.41) is 26.6. The lowest BCUT2D eigenvalue weighted by molar-refractivity contribution is 0.0846. The largest absolute Gasteiger partial charge is 0.396 e. The van der Waals surface area contributed by atoms with Crippen LogP contribution >= 0.6 is 0 Å². The van der Waals surface area contributed by atoms with E-state index in [0.29, 0.717) is 25.2 Å². The molecule has 3 unspecified atom stereocenters. The lowest BCUT2D eigenvalue weighted by atomic mass is 10.00. The fourth-order valence-electron chi connectivity index (χ4n) is 3.94. The Labute approximate surface area is 160 Å². The van der Waals surface area contributed by atoms with Gasteiger partial charge in [-0.3, -0.25) is 0 Å². The third kappa shape index (κ3) is 10.2. The van der Waals surface area contributed by atoms with Crippen LogP contribution < -0.4 is 0 Å². The second kappa shape index (κ2) is 13.9. The highest BCUT2D eigenvalue weighted by Crippen LogP contribution is 2.14. The number of likely N-dealkylation sites (tertiary alicyclic amines) is 3. The molecule has 3 heterocycles. The van der Waals surface area contributed by atoms with Crippen LogP contribution in [0.4, 0.5) is 0 Å². The fourth-order valence-corrected chi connectivity index (χ4v) is 3.94. The summed E-state index contributed by atoms with van der Waals surface area (Å²) in [6.45, 7) is 6.15. The maximum atomic E-state index is 9.04. The monoisotopic (exact) mass is 373 g/mol. The molecule has 3 N–H and O–H groups in total. The molecule has 6 nitrogen and oxygen atoms in total. The van der Waals surface area contributed by atoms with Gasteiger partial charge in [0.15, 0.2) is 0 Å². The summed E-state index contributed by atoms with van der Waals surface area (Å²) in [6.07, 6.45) is 8.30. The first-order valence-electron chi connectivity index (χ1n) is 10.4. The normalized spacial score (nSPS) is 31.4. The van der Waals surface area contributed by atoms with Crippen LogP contribution in [0.25, 0.3) is 0 Å². The van der Waals surface area contributed by atoms with Gasteiger partial charge in [-0.05, 0) is 85.2 Å². The van der Waals surface area contributed by atoms with Gasteiger partial charge in [-0.2, -0.15) is 0 Å². The van der Waals surface area contributed by atoms with E-state index >= 15 is 0 Å². The van der Waals surface area contributed by atoms with Gasteiger partial charge in [-0.25, -0.2) is 0 Å². The Bertz CT molecular complexity index is 338. The van der Waals surface area contributed by atoms with Crippen molar-refractivity contribution in [1.82, 2.24) is 14.7 Å². The summed E-state index contributed by atoms with van der Waals surface area (Å²) < 4.78 is 0. The van der Waals surface area contributed by atoms with Gasteiger partial charge in [0.1, 0.15) is 0 Å². The number of aliphatic hydroxyl groups excluding tert-OH is 3. The first-order valence-corrected chi connectivity index (χ1v) is 10.4. The van der Waals surface area contributed by atoms with Crippen molar-refractivity contribution in [2.75, 3.05) is 67.1 Å². The molecule has 0 aliphatic carbocycles. The van der Waals surface area contributed by atoms with E-state index in [1.165, 1.54) is 38.6 Å². The maximum absolute atomic E-state index is 9.04. The molecular formula is C20H43N3O3. The predicted molar refractivity (Wildman–Crippen MR) is 107 cm³/mol. The lowest BCUT2D eigenvalue weighted by Crippen LogP contribution is -2.38. The zero-order valence-corrected chi connectivity index (χ0v) is 17.3. The Kier molecular flexibility index (Phi) is 12.7. The minimum absolute atomic E-state index is 0.0613. The molecule has 0 bridgehead atoms. The van der Waals surface area contributed by atoms with Crippen LogP contribution in [0.2, 0.25) is 0 Å². The molecule has 0 spiro atoms. The molecule has 26 heavy (non-hydrogen) atoms. The van der Waals surface area contributed by atoms with E-state index in [1.54, 1.807) is 0 Å². The van der Waals surface area contributed by atoms with Crippen LogP contribution in [0.1, 0.15) is 44.9 Å². The number of piperidine rings is 3. The third-order valence-corrected chi connectivity index (χ3v) is 5.71. The Morgan fingerprint density at radius 1 is 0.731 bits per heavy atom. The van der Waals surface area contributed by atoms with Crippen LogP contribution in [0.5, 0.6) is 0 Å². The molecule has 3 rings (SSSR count). The van der Waals surface area contributed by atoms with Gasteiger partial charge in [0, 0.05) is 25.7 Å². The van der Waals surface area contributed by atoms with E-state index in [1.807, 2.05) is 7.05 Å². The molecule has 3 fully saturated rings. The number of hydrogen-bond donors (Lipinski definition) is 3. The number of β-amino-alcohol motifs (C(OH)–C–C–N with tert-alkyl or cyclic N) is 1. The van der Waals surface area contributed by atoms with Gasteiger partial charge in [-0.15, -0.1) is 0 Å². The van der Waals surface area contributed by atoms with Gasteiger partial charge in [0.05, 0.1) is 12.7 Å². The second-order valence-corrected chi connectivity index (χ2v) is 8.32. The standard InChI is InChI=1S/2C7H15NO.C6H13NO/c1-8-4-2-3-7(5-8)6-9;1-8-5-3-2-4-7(8)6-9;1-7-4-2-3-6(8)5-7/h2*7,9H,2-6H2,1H3;6,8H,2-5H2,1H3. The zero-order chi connectivity index (χ0) is 19.4. The topological polar surface area (TPSA) is 70.4 Å². The van der Waals surface area contributed by atoms with Crippen LogP contribution in [0, 0.1) is 5.92 Å². The molecule has 0 saturated carbocycles. The van der Waals surface area contributed by atoms with Crippen LogP contribution in [0.3, 0.4) is 0 Å². The van der Waals surface area contributed by atoms with Crippen LogP contribution in [0.15, 0.2) is 0 Å². The van der Waals surface area contributed by atoms with Gasteiger partial charge in [0.25, 0.3) is 0 Å². The summed E-state index contributed by atoms with van der Waals surface area (Å²) in [4.78, 5) is 6.68. The quantitative estimate of drug-likeness (QED) is 0.667. The number of aliphatic hydroxyl groups is 3. The lowest BCUT2D eigenvalue weighted by Gasteiger charge is -2.30. The number of likely N-dealkylation sites (N-methyl/N-ethyl adjacent to an activating group) is 2. The van der Waals surface area contributed by atoms with Crippen molar-refractivity contribution in [3.63, 3.8) is 0 Å². The highest BCUT2D eigenvalue weighted by molar-refractivity contribution is 4.72. The van der Waals surface area contributed by atoms with Crippen LogP contribution in [-0.4, -0.2) is 109 Å². The molecule has 3 atom stereocenters. The molecule has 0 amide bonds. The molecule has 0 radical (unpaired) electrons. The van der Waals surface area contributed by atoms with E-state index in [4.69, 9.17) is 15.3 Å². The summed E-state index contributed by atoms with van der Waals surface area (Å²) in [6, 6.07) is 0.443. The summed E-state index contributed by atoms with van der Waals surface area (Å²) in [5.41, 5.74) is 0. The molecule has 6 heteroatoms. The average Bonchev–Trinajstić information content (AvgIpc) is 2.63. The smallest absolute Gasteiger partial charge is 0.0667 e. The van der Waals surface area contributed by atoms with Gasteiger partial charge >= 0.3 is 0 Å². The van der Waals surface area contributed by atoms with Crippen molar-refractivity contribution >= 4 is 0 Å². The third-order valence-electron chi connectivity index (χ3n) is 5.71. The first kappa shape index (κ1) is 23.8. The minimum atomic E-state index is -0.0613. The first-order chi connectivity index (χ1) is 12.5. The molecular weight excluding hydrogens is 330 g/mol. The van der Waals surface area contributed by atoms with Crippen molar-refractivity contribution in [3.05, 3.63) is 0 Å². The highest BCUT2D eigenvalue weighted by Gasteiger charge is 2.17. The summed E-state index contributed by atoms with van der Waals surface area (Å²) in [7, 11) is 6.24. The molecule has 0 aromatic heterocycles. The zero-order valence-electron chi connectivity index (χ0n) is 17.3. The molecule has 0 aromatic rings. The Balaban J connectivity index is 0.000000195. The molecule has 156 valence electrons. The second-order valence-electron chi connectivity index (χ2n) is 8.32. The Hall–Kier alpha value is -0.240. The van der Waals surface area contributed by atoms with Gasteiger partial charge in [-0.1, -0.05) is 6.42 Å². The Morgan fingerprint density at radius 3 is 1.77 bits per heavy atom. The van der Waals surface area contributed by atoms with E-state index in [2.05, 4.69) is 28.8 Å². The molecule has 3 aliphatic heterocycles. The van der Waals surface area contributed by atoms with Crippen molar-refractivity contribution in [2.24, 2.45) is 5.92 Å². The number of hydrogen-bond acceptors (Lipinski definition) is 6. The van der Waals surface area contributed by atoms with Crippen LogP contribution in [-0.2, 0) is 0 Å². The average molecular weight is 374 g/mol. The van der Waals surface area contributed by atoms with Gasteiger partial charge in [0.2, 0.25) is 0 Å². The molecule has 3 aliphatic rings. The SMILES string of the molecule is CN1CCCC(CO)C1.CN1CCCC(O)C1.CN1CCCCC1CO. The maximum Gasteiger partial charge on any atom is 0.0667 e. The fraction of sp³-hybridized carbons (Fsp3) is 1.00. The molecule has 3 saturated heterocycles. The minimum Gasteiger partial charge on any atom is -0.396 e.